The van der Waals surface area contributed by atoms with Gasteiger partial charge >= 0.3 is 0 Å². The molecule has 3 N–H and O–H groups in total. The van der Waals surface area contributed by atoms with Crippen LogP contribution < -0.4 is 10.6 Å². The number of nitrogens with one attached hydrogen (secondary N) is 1. The van der Waals surface area contributed by atoms with Crippen LogP contribution in [-0.4, -0.2) is 32.8 Å². The molecular weight excluding hydrogens is 318 g/mol. The summed E-state index contributed by atoms with van der Waals surface area (Å²) in [5, 5.41) is 0. The Morgan fingerprint density at radius 2 is 2.08 bits per heavy atom. The van der Waals surface area contributed by atoms with Crippen LogP contribution in [0.4, 0.5) is 5.69 Å². The van der Waals surface area contributed by atoms with Gasteiger partial charge in [0.1, 0.15) is 11.9 Å². The fourth-order valence-corrected chi connectivity index (χ4v) is 3.28. The first-order chi connectivity index (χ1) is 12.1. The van der Waals surface area contributed by atoms with E-state index in [4.69, 9.17) is 5.73 Å². The summed E-state index contributed by atoms with van der Waals surface area (Å²) >= 11 is 0. The quantitative estimate of drug-likeness (QED) is 0.750. The Hall–Kier alpha value is -3.22. The topological polar surface area (TPSA) is 105 Å². The highest BCUT2D eigenvalue weighted by Crippen LogP contribution is 2.32. The van der Waals surface area contributed by atoms with Gasteiger partial charge in [0.15, 0.2) is 5.65 Å². The standard InChI is InChI=1S/C18H17N5O2/c19-17(25)14-10-11-4-1-2-6-13(11)23(14)16(24)8-7-15-21-12-5-3-9-20-18(12)22-15/h1-6,9,14H,7-8,10H2,(H2,19,25)(H,20,21,22). The molecule has 1 aromatic carbocycles. The summed E-state index contributed by atoms with van der Waals surface area (Å²) in [6.45, 7) is 0. The van der Waals surface area contributed by atoms with Crippen molar-refractivity contribution in [1.29, 1.82) is 0 Å². The molecule has 0 saturated carbocycles. The number of aromatic amines is 1. The number of amides is 2. The van der Waals surface area contributed by atoms with Gasteiger partial charge in [-0.05, 0) is 23.8 Å². The summed E-state index contributed by atoms with van der Waals surface area (Å²) in [5.74, 6) is 0.0739. The van der Waals surface area contributed by atoms with E-state index in [1.807, 2.05) is 36.4 Å². The average Bonchev–Trinajstić information content (AvgIpc) is 3.20. The van der Waals surface area contributed by atoms with E-state index in [0.29, 0.717) is 24.3 Å². The molecule has 0 saturated heterocycles. The molecule has 7 heteroatoms. The molecule has 3 heterocycles. The molecule has 2 amide bonds. The monoisotopic (exact) mass is 335 g/mol. The van der Waals surface area contributed by atoms with Crippen molar-refractivity contribution in [2.24, 2.45) is 5.73 Å². The second-order valence-corrected chi connectivity index (χ2v) is 6.07. The van der Waals surface area contributed by atoms with Crippen molar-refractivity contribution in [3.8, 4) is 0 Å². The molecule has 2 aromatic heterocycles. The van der Waals surface area contributed by atoms with E-state index in [-0.39, 0.29) is 12.3 Å². The molecule has 25 heavy (non-hydrogen) atoms. The third-order valence-electron chi connectivity index (χ3n) is 4.46. The largest absolute Gasteiger partial charge is 0.368 e. The lowest BCUT2D eigenvalue weighted by molar-refractivity contribution is -0.124. The molecule has 0 bridgehead atoms. The maximum absolute atomic E-state index is 12.8. The van der Waals surface area contributed by atoms with Gasteiger partial charge in [-0.1, -0.05) is 18.2 Å². The van der Waals surface area contributed by atoms with E-state index in [1.165, 1.54) is 4.90 Å². The fraction of sp³-hybridized carbons (Fsp3) is 0.222. The maximum atomic E-state index is 12.8. The van der Waals surface area contributed by atoms with E-state index < -0.39 is 11.9 Å². The number of benzene rings is 1. The van der Waals surface area contributed by atoms with Crippen LogP contribution >= 0.6 is 0 Å². The van der Waals surface area contributed by atoms with Crippen LogP contribution in [-0.2, 0) is 22.4 Å². The molecule has 7 nitrogen and oxygen atoms in total. The third kappa shape index (κ3) is 2.73. The van der Waals surface area contributed by atoms with E-state index in [0.717, 1.165) is 16.8 Å². The zero-order valence-electron chi connectivity index (χ0n) is 13.5. The number of H-pyrrole nitrogens is 1. The van der Waals surface area contributed by atoms with Crippen molar-refractivity contribution in [1.82, 2.24) is 15.0 Å². The third-order valence-corrected chi connectivity index (χ3v) is 4.46. The van der Waals surface area contributed by atoms with Gasteiger partial charge in [0.25, 0.3) is 0 Å². The number of pyridine rings is 1. The van der Waals surface area contributed by atoms with Crippen LogP contribution in [0.5, 0.6) is 0 Å². The lowest BCUT2D eigenvalue weighted by Crippen LogP contribution is -2.46. The molecule has 1 aliphatic rings. The number of primary amides is 1. The smallest absolute Gasteiger partial charge is 0.240 e. The Bertz CT molecular complexity index is 932. The average molecular weight is 335 g/mol. The molecule has 1 unspecified atom stereocenters. The van der Waals surface area contributed by atoms with Crippen LogP contribution in [0.2, 0.25) is 0 Å². The number of carbonyl (C=O) groups is 2. The summed E-state index contributed by atoms with van der Waals surface area (Å²) in [5.41, 5.74) is 8.71. The number of para-hydroxylation sites is 1. The van der Waals surface area contributed by atoms with Crippen molar-refractivity contribution in [3.63, 3.8) is 0 Å². The predicted octanol–water partition coefficient (Wildman–Crippen LogP) is 1.33. The lowest BCUT2D eigenvalue weighted by atomic mass is 10.1. The summed E-state index contributed by atoms with van der Waals surface area (Å²) in [7, 11) is 0. The Labute approximate surface area is 143 Å². The second-order valence-electron chi connectivity index (χ2n) is 6.07. The number of imidazole rings is 1. The minimum atomic E-state index is -0.623. The van der Waals surface area contributed by atoms with Crippen molar-refractivity contribution < 1.29 is 9.59 Å². The molecule has 0 aliphatic carbocycles. The number of nitrogens with two attached hydrogens (primary N) is 1. The van der Waals surface area contributed by atoms with Crippen LogP contribution in [0, 0.1) is 0 Å². The summed E-state index contributed by atoms with van der Waals surface area (Å²) < 4.78 is 0. The van der Waals surface area contributed by atoms with Crippen LogP contribution in [0.15, 0.2) is 42.6 Å². The Balaban J connectivity index is 1.54. The Morgan fingerprint density at radius 1 is 1.24 bits per heavy atom. The first-order valence-corrected chi connectivity index (χ1v) is 8.12. The minimum Gasteiger partial charge on any atom is -0.368 e. The molecule has 126 valence electrons. The van der Waals surface area contributed by atoms with Gasteiger partial charge in [0.05, 0.1) is 5.52 Å². The van der Waals surface area contributed by atoms with Crippen molar-refractivity contribution >= 4 is 28.7 Å². The van der Waals surface area contributed by atoms with Crippen molar-refractivity contribution in [2.75, 3.05) is 4.90 Å². The van der Waals surface area contributed by atoms with Gasteiger partial charge < -0.3 is 10.7 Å². The molecule has 1 atom stereocenters. The van der Waals surface area contributed by atoms with E-state index >= 15 is 0 Å². The number of aromatic nitrogens is 3. The van der Waals surface area contributed by atoms with E-state index in [9.17, 15) is 9.59 Å². The van der Waals surface area contributed by atoms with Crippen LogP contribution in [0.3, 0.4) is 0 Å². The Morgan fingerprint density at radius 3 is 2.88 bits per heavy atom. The molecule has 0 radical (unpaired) electrons. The first-order valence-electron chi connectivity index (χ1n) is 8.12. The zero-order chi connectivity index (χ0) is 17.4. The minimum absolute atomic E-state index is 0.137. The summed E-state index contributed by atoms with van der Waals surface area (Å²) in [6.07, 6.45) is 2.82. The second kappa shape index (κ2) is 6.01. The first kappa shape index (κ1) is 15.3. The van der Waals surface area contributed by atoms with Crippen LogP contribution in [0.25, 0.3) is 11.2 Å². The van der Waals surface area contributed by atoms with Gasteiger partial charge in [0, 0.05) is 31.1 Å². The van der Waals surface area contributed by atoms with Crippen LogP contribution in [0.1, 0.15) is 17.8 Å². The molecule has 4 rings (SSSR count). The summed E-state index contributed by atoms with van der Waals surface area (Å²) in [4.78, 5) is 37.8. The highest BCUT2D eigenvalue weighted by molar-refractivity contribution is 6.03. The van der Waals surface area contributed by atoms with E-state index in [1.54, 1.807) is 6.20 Å². The number of rotatable bonds is 4. The normalized spacial score (nSPS) is 16.2. The molecule has 1 aliphatic heterocycles. The number of hydrogen-bond acceptors (Lipinski definition) is 4. The van der Waals surface area contributed by atoms with Gasteiger partial charge in [0.2, 0.25) is 11.8 Å². The van der Waals surface area contributed by atoms with Gasteiger partial charge in [-0.2, -0.15) is 0 Å². The SMILES string of the molecule is NC(=O)C1Cc2ccccc2N1C(=O)CCc1nc2ncccc2[nH]1. The number of hydrogen-bond donors (Lipinski definition) is 2. The molecule has 3 aromatic rings. The lowest BCUT2D eigenvalue weighted by Gasteiger charge is -2.23. The van der Waals surface area contributed by atoms with Crippen molar-refractivity contribution in [3.05, 3.63) is 54.0 Å². The maximum Gasteiger partial charge on any atom is 0.240 e. The Kier molecular flexibility index (Phi) is 3.68. The van der Waals surface area contributed by atoms with E-state index in [2.05, 4.69) is 15.0 Å². The number of nitrogens with zero attached hydrogens (tertiary/aromatic N) is 3. The summed E-state index contributed by atoms with van der Waals surface area (Å²) in [6, 6.07) is 10.6. The number of fused-ring (bicyclic) bond motifs is 2. The number of aryl methyl sites for hydroxylation is 1. The fourth-order valence-electron chi connectivity index (χ4n) is 3.28. The van der Waals surface area contributed by atoms with Gasteiger partial charge in [-0.15, -0.1) is 0 Å². The van der Waals surface area contributed by atoms with Crippen molar-refractivity contribution in [2.45, 2.75) is 25.3 Å². The number of anilines is 1. The van der Waals surface area contributed by atoms with Gasteiger partial charge in [-0.25, -0.2) is 9.97 Å². The molecule has 0 fully saturated rings. The predicted molar refractivity (Wildman–Crippen MR) is 92.8 cm³/mol. The highest BCUT2D eigenvalue weighted by Gasteiger charge is 2.36. The zero-order valence-corrected chi connectivity index (χ0v) is 13.5. The molecule has 0 spiro atoms. The molecular formula is C18H17N5O2. The highest BCUT2D eigenvalue weighted by atomic mass is 16.2. The van der Waals surface area contributed by atoms with Gasteiger partial charge in [-0.3, -0.25) is 14.5 Å². The number of carbonyl (C=O) groups excluding carboxylic acids is 2.